The second-order valence-corrected chi connectivity index (χ2v) is 5.88. The number of esters is 1. The molecule has 1 N–H and O–H groups in total. The van der Waals surface area contributed by atoms with Crippen molar-refractivity contribution in [2.75, 3.05) is 6.61 Å². The molecule has 21 heavy (non-hydrogen) atoms. The normalized spacial score (nSPS) is 21.7. The van der Waals surface area contributed by atoms with Crippen molar-refractivity contribution in [1.29, 1.82) is 0 Å². The number of unbranched alkanes of at least 4 members (excludes halogenated alkanes) is 5. The summed E-state index contributed by atoms with van der Waals surface area (Å²) in [5, 5.41) is 9.27. The molecule has 1 rings (SSSR count). The van der Waals surface area contributed by atoms with Crippen LogP contribution in [-0.4, -0.2) is 23.7 Å². The summed E-state index contributed by atoms with van der Waals surface area (Å²) in [6.07, 6.45) is 10.1. The number of carbonyl (C=O) groups is 2. The first-order chi connectivity index (χ1) is 10.1. The van der Waals surface area contributed by atoms with Gasteiger partial charge in [-0.25, -0.2) is 0 Å². The molecule has 0 amide bonds. The lowest BCUT2D eigenvalue weighted by Crippen LogP contribution is -2.34. The zero-order valence-corrected chi connectivity index (χ0v) is 13.3. The van der Waals surface area contributed by atoms with Gasteiger partial charge in [0.1, 0.15) is 0 Å². The summed E-state index contributed by atoms with van der Waals surface area (Å²) in [5.74, 6) is -2.50. The molecular weight excluding hydrogens is 268 g/mol. The molecule has 0 fully saturated rings. The quantitative estimate of drug-likeness (QED) is 0.397. The number of carboxylic acids is 1. The number of hydrogen-bond acceptors (Lipinski definition) is 3. The van der Waals surface area contributed by atoms with Crippen LogP contribution in [0, 0.1) is 11.8 Å². The van der Waals surface area contributed by atoms with Gasteiger partial charge in [0.2, 0.25) is 0 Å². The van der Waals surface area contributed by atoms with Crippen LogP contribution < -0.4 is 0 Å². The first kappa shape index (κ1) is 17.7. The summed E-state index contributed by atoms with van der Waals surface area (Å²) < 4.78 is 5.29. The number of hydrogen-bond donors (Lipinski definition) is 1. The van der Waals surface area contributed by atoms with Gasteiger partial charge in [-0.1, -0.05) is 50.7 Å². The molecule has 0 saturated heterocycles. The molecule has 120 valence electrons. The van der Waals surface area contributed by atoms with Crippen molar-refractivity contribution in [3.8, 4) is 0 Å². The fourth-order valence-corrected chi connectivity index (χ4v) is 2.88. The predicted octanol–water partition coefficient (Wildman–Crippen LogP) is 3.95. The Labute approximate surface area is 127 Å². The van der Waals surface area contributed by atoms with Crippen LogP contribution in [0.1, 0.15) is 65.2 Å². The Hall–Kier alpha value is -1.32. The average molecular weight is 296 g/mol. The second-order valence-electron chi connectivity index (χ2n) is 5.88. The highest BCUT2D eigenvalue weighted by molar-refractivity contribution is 5.83. The lowest BCUT2D eigenvalue weighted by molar-refractivity contribution is -0.157. The van der Waals surface area contributed by atoms with Crippen LogP contribution in [0.4, 0.5) is 0 Å². The van der Waals surface area contributed by atoms with E-state index in [1.807, 2.05) is 6.08 Å². The molecule has 0 aromatic heterocycles. The van der Waals surface area contributed by atoms with E-state index in [4.69, 9.17) is 4.74 Å². The minimum absolute atomic E-state index is 0.344. The van der Waals surface area contributed by atoms with E-state index in [0.717, 1.165) is 24.8 Å². The fourth-order valence-electron chi connectivity index (χ4n) is 2.88. The van der Waals surface area contributed by atoms with Gasteiger partial charge < -0.3 is 9.84 Å². The highest BCUT2D eigenvalue weighted by Gasteiger charge is 2.37. The monoisotopic (exact) mass is 296 g/mol. The average Bonchev–Trinajstić information content (AvgIpc) is 2.45. The highest BCUT2D eigenvalue weighted by Crippen LogP contribution is 2.31. The van der Waals surface area contributed by atoms with Crippen LogP contribution >= 0.6 is 0 Å². The van der Waals surface area contributed by atoms with Crippen LogP contribution in [0.15, 0.2) is 11.6 Å². The fraction of sp³-hybridized carbons (Fsp3) is 0.765. The van der Waals surface area contributed by atoms with Gasteiger partial charge in [-0.05, 0) is 26.2 Å². The molecule has 1 aliphatic rings. The molecule has 0 bridgehead atoms. The molecule has 4 nitrogen and oxygen atoms in total. The number of rotatable bonds is 9. The molecule has 1 aliphatic carbocycles. The van der Waals surface area contributed by atoms with Crippen LogP contribution in [-0.2, 0) is 14.3 Å². The van der Waals surface area contributed by atoms with Crippen molar-refractivity contribution in [2.45, 2.75) is 65.2 Å². The molecule has 0 aromatic rings. The summed E-state index contributed by atoms with van der Waals surface area (Å²) in [6, 6.07) is 0. The standard InChI is InChI=1S/C17H28O4/c1-3-4-5-6-7-8-12-21-17(20)14-11-9-10-13(2)15(14)16(18)19/h10,14-15H,3-9,11-12H2,1-2H3,(H,18,19). The largest absolute Gasteiger partial charge is 0.481 e. The third-order valence-corrected chi connectivity index (χ3v) is 4.15. The molecule has 0 aliphatic heterocycles. The van der Waals surface area contributed by atoms with Crippen molar-refractivity contribution in [3.63, 3.8) is 0 Å². The van der Waals surface area contributed by atoms with E-state index in [1.165, 1.54) is 25.7 Å². The van der Waals surface area contributed by atoms with Crippen molar-refractivity contribution in [1.82, 2.24) is 0 Å². The van der Waals surface area contributed by atoms with Crippen molar-refractivity contribution in [3.05, 3.63) is 11.6 Å². The van der Waals surface area contributed by atoms with Crippen molar-refractivity contribution in [2.24, 2.45) is 11.8 Å². The van der Waals surface area contributed by atoms with Gasteiger partial charge in [0.05, 0.1) is 18.4 Å². The maximum Gasteiger partial charge on any atom is 0.311 e. The van der Waals surface area contributed by atoms with Gasteiger partial charge >= 0.3 is 11.9 Å². The summed E-state index contributed by atoms with van der Waals surface area (Å²) in [7, 11) is 0. The van der Waals surface area contributed by atoms with Gasteiger partial charge in [0.25, 0.3) is 0 Å². The van der Waals surface area contributed by atoms with E-state index in [0.29, 0.717) is 13.0 Å². The van der Waals surface area contributed by atoms with E-state index < -0.39 is 17.8 Å². The maximum absolute atomic E-state index is 12.1. The molecule has 2 unspecified atom stereocenters. The summed E-state index contributed by atoms with van der Waals surface area (Å²) in [6.45, 7) is 4.38. The van der Waals surface area contributed by atoms with Gasteiger partial charge in [-0.2, -0.15) is 0 Å². The van der Waals surface area contributed by atoms with Gasteiger partial charge in [0, 0.05) is 0 Å². The first-order valence-electron chi connectivity index (χ1n) is 8.14. The van der Waals surface area contributed by atoms with Crippen LogP contribution in [0.2, 0.25) is 0 Å². The minimum Gasteiger partial charge on any atom is -0.481 e. The highest BCUT2D eigenvalue weighted by atomic mass is 16.5. The summed E-state index contributed by atoms with van der Waals surface area (Å²) >= 11 is 0. The number of ether oxygens (including phenoxy) is 1. The predicted molar refractivity (Wildman–Crippen MR) is 81.9 cm³/mol. The number of carboxylic acid groups (broad SMARTS) is 1. The maximum atomic E-state index is 12.1. The molecule has 0 aromatic carbocycles. The minimum atomic E-state index is -0.926. The van der Waals surface area contributed by atoms with E-state index >= 15 is 0 Å². The second kappa shape index (κ2) is 9.59. The molecule has 0 spiro atoms. The van der Waals surface area contributed by atoms with E-state index in [9.17, 15) is 14.7 Å². The van der Waals surface area contributed by atoms with E-state index in [2.05, 4.69) is 6.92 Å². The molecule has 0 heterocycles. The summed E-state index contributed by atoms with van der Waals surface area (Å²) in [5.41, 5.74) is 0.773. The van der Waals surface area contributed by atoms with E-state index in [-0.39, 0.29) is 5.97 Å². The molecular formula is C17H28O4. The lowest BCUT2D eigenvalue weighted by Gasteiger charge is -2.26. The lowest BCUT2D eigenvalue weighted by atomic mass is 9.79. The van der Waals surface area contributed by atoms with Gasteiger partial charge in [-0.3, -0.25) is 9.59 Å². The first-order valence-corrected chi connectivity index (χ1v) is 8.14. The smallest absolute Gasteiger partial charge is 0.311 e. The molecule has 4 heteroatoms. The zero-order valence-electron chi connectivity index (χ0n) is 13.3. The SMILES string of the molecule is CCCCCCCCOC(=O)C1CCC=C(C)C1C(=O)O. The third-order valence-electron chi connectivity index (χ3n) is 4.15. The van der Waals surface area contributed by atoms with Crippen LogP contribution in [0.25, 0.3) is 0 Å². The Bertz CT molecular complexity index is 373. The Morgan fingerprint density at radius 2 is 1.90 bits per heavy atom. The number of carbonyl (C=O) groups excluding carboxylic acids is 1. The third kappa shape index (κ3) is 5.90. The zero-order chi connectivity index (χ0) is 15.7. The van der Waals surface area contributed by atoms with Gasteiger partial charge in [0.15, 0.2) is 0 Å². The number of allylic oxidation sites excluding steroid dienone is 1. The van der Waals surface area contributed by atoms with Gasteiger partial charge in [-0.15, -0.1) is 0 Å². The molecule has 0 saturated carbocycles. The Morgan fingerprint density at radius 3 is 2.57 bits per heavy atom. The Kier molecular flexibility index (Phi) is 8.09. The van der Waals surface area contributed by atoms with Crippen molar-refractivity contribution < 1.29 is 19.4 Å². The van der Waals surface area contributed by atoms with E-state index in [1.54, 1.807) is 6.92 Å². The van der Waals surface area contributed by atoms with Crippen LogP contribution in [0.5, 0.6) is 0 Å². The molecule has 2 atom stereocenters. The topological polar surface area (TPSA) is 63.6 Å². The Morgan fingerprint density at radius 1 is 1.24 bits per heavy atom. The molecule has 0 radical (unpaired) electrons. The summed E-state index contributed by atoms with van der Waals surface area (Å²) in [4.78, 5) is 23.4. The van der Waals surface area contributed by atoms with Crippen LogP contribution in [0.3, 0.4) is 0 Å². The van der Waals surface area contributed by atoms with Crippen molar-refractivity contribution >= 4 is 11.9 Å². The number of aliphatic carboxylic acids is 1. The Balaban J connectivity index is 2.31.